The lowest BCUT2D eigenvalue weighted by Gasteiger charge is -2.00. The number of aromatic nitrogens is 3. The van der Waals surface area contributed by atoms with E-state index in [1.165, 1.54) is 0 Å². The van der Waals surface area contributed by atoms with Crippen LogP contribution in [-0.2, 0) is 13.0 Å². The highest BCUT2D eigenvalue weighted by molar-refractivity contribution is 5.25. The summed E-state index contributed by atoms with van der Waals surface area (Å²) in [6.07, 6.45) is 2.33. The number of nitrogens with zero attached hydrogens (tertiary/aromatic N) is 3. The van der Waals surface area contributed by atoms with Crippen LogP contribution in [0.5, 0.6) is 5.75 Å². The SMILES string of the molecule is OCCc1cn(Cc2ccc(O)cc2)nn1. The average molecular weight is 219 g/mol. The van der Waals surface area contributed by atoms with E-state index in [1.54, 1.807) is 16.8 Å². The minimum Gasteiger partial charge on any atom is -0.508 e. The normalized spacial score (nSPS) is 10.6. The molecule has 0 aliphatic rings. The Morgan fingerprint density at radius 3 is 2.62 bits per heavy atom. The quantitative estimate of drug-likeness (QED) is 0.788. The molecule has 1 aromatic carbocycles. The number of benzene rings is 1. The summed E-state index contributed by atoms with van der Waals surface area (Å²) in [6.45, 7) is 0.691. The number of aliphatic hydroxyl groups is 1. The maximum absolute atomic E-state index is 9.13. The van der Waals surface area contributed by atoms with Crippen molar-refractivity contribution in [1.82, 2.24) is 15.0 Å². The van der Waals surface area contributed by atoms with Crippen LogP contribution < -0.4 is 0 Å². The van der Waals surface area contributed by atoms with Gasteiger partial charge in [0.15, 0.2) is 0 Å². The highest BCUT2D eigenvalue weighted by atomic mass is 16.3. The van der Waals surface area contributed by atoms with Gasteiger partial charge in [-0.3, -0.25) is 0 Å². The Kier molecular flexibility index (Phi) is 3.16. The van der Waals surface area contributed by atoms with Gasteiger partial charge in [0, 0.05) is 19.2 Å². The van der Waals surface area contributed by atoms with Gasteiger partial charge in [0.2, 0.25) is 0 Å². The zero-order valence-electron chi connectivity index (χ0n) is 8.74. The van der Waals surface area contributed by atoms with Crippen LogP contribution in [0.15, 0.2) is 30.5 Å². The van der Waals surface area contributed by atoms with Crippen molar-refractivity contribution in [3.8, 4) is 5.75 Å². The minimum absolute atomic E-state index is 0.0813. The predicted molar refractivity (Wildman–Crippen MR) is 58.0 cm³/mol. The van der Waals surface area contributed by atoms with Crippen molar-refractivity contribution in [3.63, 3.8) is 0 Å². The molecule has 0 fully saturated rings. The molecule has 16 heavy (non-hydrogen) atoms. The number of aliphatic hydroxyl groups excluding tert-OH is 1. The van der Waals surface area contributed by atoms with E-state index in [-0.39, 0.29) is 12.4 Å². The lowest BCUT2D eigenvalue weighted by molar-refractivity contribution is 0.298. The van der Waals surface area contributed by atoms with Crippen LogP contribution in [0.3, 0.4) is 0 Å². The van der Waals surface area contributed by atoms with Crippen molar-refractivity contribution in [1.29, 1.82) is 0 Å². The molecule has 0 spiro atoms. The van der Waals surface area contributed by atoms with Gasteiger partial charge in [-0.15, -0.1) is 5.10 Å². The smallest absolute Gasteiger partial charge is 0.115 e. The summed E-state index contributed by atoms with van der Waals surface area (Å²) in [4.78, 5) is 0. The van der Waals surface area contributed by atoms with Gasteiger partial charge >= 0.3 is 0 Å². The van der Waals surface area contributed by atoms with E-state index in [2.05, 4.69) is 10.3 Å². The van der Waals surface area contributed by atoms with Crippen molar-refractivity contribution >= 4 is 0 Å². The Morgan fingerprint density at radius 1 is 1.19 bits per heavy atom. The first-order chi connectivity index (χ1) is 7.78. The molecule has 1 heterocycles. The molecule has 5 heteroatoms. The summed E-state index contributed by atoms with van der Waals surface area (Å²) in [5.74, 6) is 0.253. The molecule has 0 atom stereocenters. The standard InChI is InChI=1S/C11H13N3O2/c15-6-5-10-8-14(13-12-10)7-9-1-3-11(16)4-2-9/h1-4,8,15-16H,5-7H2. The third-order valence-corrected chi connectivity index (χ3v) is 2.23. The van der Waals surface area contributed by atoms with Crippen LogP contribution in [0.4, 0.5) is 0 Å². The number of rotatable bonds is 4. The van der Waals surface area contributed by atoms with Gasteiger partial charge < -0.3 is 10.2 Å². The number of phenolic OH excluding ortho intramolecular Hbond substituents is 1. The van der Waals surface area contributed by atoms with Gasteiger partial charge in [0.25, 0.3) is 0 Å². The largest absolute Gasteiger partial charge is 0.508 e. The van der Waals surface area contributed by atoms with E-state index < -0.39 is 0 Å². The van der Waals surface area contributed by atoms with Crippen LogP contribution in [0.25, 0.3) is 0 Å². The first kappa shape index (κ1) is 10.6. The average Bonchev–Trinajstić information content (AvgIpc) is 2.70. The zero-order valence-corrected chi connectivity index (χ0v) is 8.74. The maximum atomic E-state index is 9.13. The summed E-state index contributed by atoms with van der Waals surface area (Å²) in [6, 6.07) is 6.95. The van der Waals surface area contributed by atoms with Gasteiger partial charge in [-0.25, -0.2) is 4.68 Å². The second-order valence-corrected chi connectivity index (χ2v) is 3.55. The Morgan fingerprint density at radius 2 is 1.94 bits per heavy atom. The fourth-order valence-electron chi connectivity index (χ4n) is 1.43. The summed E-state index contributed by atoms with van der Waals surface area (Å²) >= 11 is 0. The molecule has 0 saturated heterocycles. The first-order valence-electron chi connectivity index (χ1n) is 5.06. The van der Waals surface area contributed by atoms with Crippen molar-refractivity contribution in [2.45, 2.75) is 13.0 Å². The van der Waals surface area contributed by atoms with Crippen molar-refractivity contribution in [2.75, 3.05) is 6.61 Å². The summed E-state index contributed by atoms with van der Waals surface area (Å²) in [5, 5.41) is 25.7. The van der Waals surface area contributed by atoms with Crippen LogP contribution in [-0.4, -0.2) is 31.8 Å². The lowest BCUT2D eigenvalue weighted by Crippen LogP contribution is -1.99. The Bertz CT molecular complexity index is 451. The van der Waals surface area contributed by atoms with Gasteiger partial charge in [-0.05, 0) is 17.7 Å². The van der Waals surface area contributed by atoms with Gasteiger partial charge in [-0.2, -0.15) is 0 Å². The van der Waals surface area contributed by atoms with E-state index in [0.29, 0.717) is 13.0 Å². The molecule has 0 radical (unpaired) electrons. The van der Waals surface area contributed by atoms with E-state index in [0.717, 1.165) is 11.3 Å². The molecule has 0 unspecified atom stereocenters. The van der Waals surface area contributed by atoms with Gasteiger partial charge in [-0.1, -0.05) is 17.3 Å². The van der Waals surface area contributed by atoms with E-state index in [9.17, 15) is 0 Å². The number of aromatic hydroxyl groups is 1. The minimum atomic E-state index is 0.0813. The van der Waals surface area contributed by atoms with Gasteiger partial charge in [0.1, 0.15) is 5.75 Å². The van der Waals surface area contributed by atoms with Crippen LogP contribution in [0.2, 0.25) is 0 Å². The molecular formula is C11H13N3O2. The van der Waals surface area contributed by atoms with Crippen LogP contribution in [0, 0.1) is 0 Å². The fraction of sp³-hybridized carbons (Fsp3) is 0.273. The van der Waals surface area contributed by atoms with E-state index in [4.69, 9.17) is 10.2 Å². The Hall–Kier alpha value is -1.88. The second kappa shape index (κ2) is 4.76. The van der Waals surface area contributed by atoms with E-state index >= 15 is 0 Å². The molecule has 0 aliphatic carbocycles. The molecule has 0 bridgehead atoms. The van der Waals surface area contributed by atoms with E-state index in [1.807, 2.05) is 18.3 Å². The molecule has 84 valence electrons. The molecule has 2 aromatic rings. The first-order valence-corrected chi connectivity index (χ1v) is 5.06. The lowest BCUT2D eigenvalue weighted by atomic mass is 10.2. The number of hydrogen-bond donors (Lipinski definition) is 2. The van der Waals surface area contributed by atoms with Crippen LogP contribution in [0.1, 0.15) is 11.3 Å². The number of phenols is 1. The topological polar surface area (TPSA) is 71.2 Å². The Balaban J connectivity index is 2.05. The zero-order chi connectivity index (χ0) is 11.4. The second-order valence-electron chi connectivity index (χ2n) is 3.55. The summed E-state index contributed by atoms with van der Waals surface area (Å²) in [5.41, 5.74) is 1.82. The Labute approximate surface area is 93.0 Å². The van der Waals surface area contributed by atoms with Crippen molar-refractivity contribution in [3.05, 3.63) is 41.7 Å². The summed E-state index contributed by atoms with van der Waals surface area (Å²) < 4.78 is 1.71. The van der Waals surface area contributed by atoms with Crippen LogP contribution >= 0.6 is 0 Å². The highest BCUT2D eigenvalue weighted by Gasteiger charge is 2.01. The molecule has 1 aromatic heterocycles. The molecule has 0 aliphatic heterocycles. The van der Waals surface area contributed by atoms with Gasteiger partial charge in [0.05, 0.1) is 12.2 Å². The molecule has 5 nitrogen and oxygen atoms in total. The van der Waals surface area contributed by atoms with Crippen molar-refractivity contribution in [2.24, 2.45) is 0 Å². The predicted octanol–water partition coefficient (Wildman–Crippen LogP) is 0.567. The molecule has 2 rings (SSSR count). The third-order valence-electron chi connectivity index (χ3n) is 2.23. The van der Waals surface area contributed by atoms with Crippen molar-refractivity contribution < 1.29 is 10.2 Å². The highest BCUT2D eigenvalue weighted by Crippen LogP contribution is 2.10. The monoisotopic (exact) mass is 219 g/mol. The molecule has 0 saturated carbocycles. The third kappa shape index (κ3) is 2.58. The maximum Gasteiger partial charge on any atom is 0.115 e. The molecular weight excluding hydrogens is 206 g/mol. The number of hydrogen-bond acceptors (Lipinski definition) is 4. The molecule has 0 amide bonds. The fourth-order valence-corrected chi connectivity index (χ4v) is 1.43. The summed E-state index contributed by atoms with van der Waals surface area (Å²) in [7, 11) is 0. The molecule has 2 N–H and O–H groups in total.